The van der Waals surface area contributed by atoms with Gasteiger partial charge < -0.3 is 39.4 Å². The average molecular weight is 680 g/mol. The number of carbonyl (C=O) groups excluding carboxylic acids is 2. The predicted molar refractivity (Wildman–Crippen MR) is 160 cm³/mol. The van der Waals surface area contributed by atoms with Crippen LogP contribution >= 0.6 is 22.6 Å². The predicted octanol–water partition coefficient (Wildman–Crippen LogP) is 3.39. The summed E-state index contributed by atoms with van der Waals surface area (Å²) in [5.74, 6) is 1.31. The summed E-state index contributed by atoms with van der Waals surface area (Å²) in [5, 5.41) is 19.8. The molecule has 41 heavy (non-hydrogen) atoms. The number of benzene rings is 2. The van der Waals surface area contributed by atoms with Gasteiger partial charge in [0.1, 0.15) is 13.2 Å². The van der Waals surface area contributed by atoms with Gasteiger partial charge in [0, 0.05) is 5.70 Å². The van der Waals surface area contributed by atoms with Gasteiger partial charge in [-0.15, -0.1) is 0 Å². The number of aliphatic hydroxyl groups excluding tert-OH is 1. The number of esters is 1. The summed E-state index contributed by atoms with van der Waals surface area (Å²) in [4.78, 5) is 24.5. The molecule has 1 aliphatic rings. The van der Waals surface area contributed by atoms with Crippen molar-refractivity contribution < 1.29 is 38.4 Å². The number of allylic oxidation sites excluding steroid dienone is 1. The number of aliphatic hydroxyl groups is 1. The number of amides is 2. The van der Waals surface area contributed by atoms with Crippen molar-refractivity contribution in [3.63, 3.8) is 0 Å². The second kappa shape index (κ2) is 15.1. The van der Waals surface area contributed by atoms with Crippen molar-refractivity contribution in [1.29, 1.82) is 0 Å². The standard InChI is InChI=1S/C28H33IN4O8/c1-6-10-40-26-19(29)11-17(12-22(26)37-4)14-30-33-23(34)15-41-20-9-8-18(13-21(20)39-7-2)25-24(27(35)38-5)16(3)31-28(36)32-25/h6,8-9,11-14,23,25,33-34H,1,7,10,15H2,2-5H3,(H2,31,32,36)/b30-14+/t23-,25-/m0/s1. The molecule has 13 heteroatoms. The van der Waals surface area contributed by atoms with E-state index >= 15 is 0 Å². The number of hydrazone groups is 1. The molecule has 2 aromatic carbocycles. The van der Waals surface area contributed by atoms with Gasteiger partial charge in [-0.3, -0.25) is 5.43 Å². The first kappa shape index (κ1) is 31.5. The smallest absolute Gasteiger partial charge is 0.337 e. The van der Waals surface area contributed by atoms with Gasteiger partial charge in [0.25, 0.3) is 0 Å². The first-order chi connectivity index (χ1) is 19.7. The molecule has 12 nitrogen and oxygen atoms in total. The average Bonchev–Trinajstić information content (AvgIpc) is 2.95. The van der Waals surface area contributed by atoms with E-state index in [2.05, 4.69) is 50.3 Å². The number of methoxy groups -OCH3 is 2. The van der Waals surface area contributed by atoms with E-state index in [0.29, 0.717) is 47.5 Å². The topological polar surface area (TPSA) is 149 Å². The molecule has 0 saturated heterocycles. The molecule has 0 fully saturated rings. The number of carbonyl (C=O) groups is 2. The second-order valence-electron chi connectivity index (χ2n) is 8.55. The SMILES string of the molecule is C=CCOc1c(I)cc(/C=N/N[C@@H](O)COc2ccc([C@@H]3NC(=O)NC(C)=C3C(=O)OC)cc2OCC)cc1OC. The van der Waals surface area contributed by atoms with Crippen LogP contribution in [0.4, 0.5) is 4.79 Å². The van der Waals surface area contributed by atoms with E-state index < -0.39 is 24.3 Å². The van der Waals surface area contributed by atoms with Crippen molar-refractivity contribution in [2.24, 2.45) is 5.10 Å². The Kier molecular flexibility index (Phi) is 11.6. The number of hydrogen-bond acceptors (Lipinski definition) is 10. The molecule has 0 unspecified atom stereocenters. The lowest BCUT2D eigenvalue weighted by Crippen LogP contribution is -2.45. The minimum atomic E-state index is -1.14. The van der Waals surface area contributed by atoms with Crippen LogP contribution in [-0.2, 0) is 9.53 Å². The van der Waals surface area contributed by atoms with Crippen molar-refractivity contribution in [2.45, 2.75) is 26.1 Å². The fourth-order valence-corrected chi connectivity index (χ4v) is 4.70. The molecule has 3 rings (SSSR count). The van der Waals surface area contributed by atoms with Crippen LogP contribution in [0.3, 0.4) is 0 Å². The molecular formula is C28H33IN4O8. The monoisotopic (exact) mass is 680 g/mol. The molecule has 4 N–H and O–H groups in total. The Hall–Kier alpha value is -3.98. The maximum absolute atomic E-state index is 12.4. The Morgan fingerprint density at radius 2 is 1.98 bits per heavy atom. The molecule has 0 bridgehead atoms. The number of nitrogens with zero attached hydrogens (tertiary/aromatic N) is 1. The number of halogens is 1. The lowest BCUT2D eigenvalue weighted by molar-refractivity contribution is -0.136. The third-order valence-electron chi connectivity index (χ3n) is 5.71. The van der Waals surface area contributed by atoms with Gasteiger partial charge in [0.2, 0.25) is 0 Å². The Labute approximate surface area is 251 Å². The summed E-state index contributed by atoms with van der Waals surface area (Å²) >= 11 is 2.14. The quantitative estimate of drug-likeness (QED) is 0.0589. The van der Waals surface area contributed by atoms with Gasteiger partial charge in [-0.25, -0.2) is 9.59 Å². The summed E-state index contributed by atoms with van der Waals surface area (Å²) < 4.78 is 28.3. The summed E-state index contributed by atoms with van der Waals surface area (Å²) in [7, 11) is 2.82. The first-order valence-corrected chi connectivity index (χ1v) is 13.6. The van der Waals surface area contributed by atoms with Crippen molar-refractivity contribution in [1.82, 2.24) is 16.1 Å². The maximum Gasteiger partial charge on any atom is 0.337 e. The van der Waals surface area contributed by atoms with E-state index in [1.807, 2.05) is 13.0 Å². The highest BCUT2D eigenvalue weighted by molar-refractivity contribution is 14.1. The number of urea groups is 1. The molecular weight excluding hydrogens is 647 g/mol. The molecule has 1 heterocycles. The van der Waals surface area contributed by atoms with E-state index in [0.717, 1.165) is 9.13 Å². The second-order valence-corrected chi connectivity index (χ2v) is 9.71. The van der Waals surface area contributed by atoms with Gasteiger partial charge in [-0.1, -0.05) is 18.7 Å². The van der Waals surface area contributed by atoms with Crippen LogP contribution < -0.4 is 35.0 Å². The van der Waals surface area contributed by atoms with Crippen LogP contribution in [0.25, 0.3) is 0 Å². The van der Waals surface area contributed by atoms with Gasteiger partial charge in [0.05, 0.1) is 42.2 Å². The zero-order valence-corrected chi connectivity index (χ0v) is 25.3. The lowest BCUT2D eigenvalue weighted by Gasteiger charge is -2.28. The highest BCUT2D eigenvalue weighted by atomic mass is 127. The van der Waals surface area contributed by atoms with Gasteiger partial charge in [-0.05, 0) is 71.8 Å². The molecule has 0 saturated carbocycles. The van der Waals surface area contributed by atoms with E-state index in [9.17, 15) is 14.7 Å². The summed E-state index contributed by atoms with van der Waals surface area (Å²) in [6.45, 7) is 7.62. The molecule has 0 radical (unpaired) electrons. The number of nitrogens with one attached hydrogen (secondary N) is 3. The zero-order valence-electron chi connectivity index (χ0n) is 23.2. The molecule has 220 valence electrons. The number of ether oxygens (including phenoxy) is 5. The molecule has 0 aromatic heterocycles. The lowest BCUT2D eigenvalue weighted by atomic mass is 9.95. The third kappa shape index (κ3) is 8.27. The van der Waals surface area contributed by atoms with E-state index in [4.69, 9.17) is 23.7 Å². The molecule has 2 aromatic rings. The summed E-state index contributed by atoms with van der Waals surface area (Å²) in [5.41, 5.74) is 4.60. The largest absolute Gasteiger partial charge is 0.493 e. The maximum atomic E-state index is 12.4. The third-order valence-corrected chi connectivity index (χ3v) is 6.51. The minimum Gasteiger partial charge on any atom is -0.493 e. The van der Waals surface area contributed by atoms with Gasteiger partial charge >= 0.3 is 12.0 Å². The van der Waals surface area contributed by atoms with Crippen LogP contribution in [0.5, 0.6) is 23.0 Å². The van der Waals surface area contributed by atoms with E-state index in [1.54, 1.807) is 44.4 Å². The van der Waals surface area contributed by atoms with Crippen molar-refractivity contribution in [3.05, 3.63) is 69.0 Å². The van der Waals surface area contributed by atoms with Crippen molar-refractivity contribution in [2.75, 3.05) is 34.0 Å². The molecule has 1 aliphatic heterocycles. The van der Waals surface area contributed by atoms with Crippen LogP contribution in [0.15, 0.2) is 59.4 Å². The van der Waals surface area contributed by atoms with Crippen LogP contribution in [0, 0.1) is 3.57 Å². The fourth-order valence-electron chi connectivity index (χ4n) is 3.92. The normalized spacial score (nSPS) is 15.5. The van der Waals surface area contributed by atoms with E-state index in [1.165, 1.54) is 13.3 Å². The Balaban J connectivity index is 1.69. The number of rotatable bonds is 14. The number of hydrogen-bond donors (Lipinski definition) is 4. The zero-order chi connectivity index (χ0) is 29.9. The minimum absolute atomic E-state index is 0.150. The fraction of sp³-hybridized carbons (Fsp3) is 0.321. The Morgan fingerprint density at radius 1 is 1.20 bits per heavy atom. The van der Waals surface area contributed by atoms with Crippen LogP contribution in [0.1, 0.15) is 31.0 Å². The highest BCUT2D eigenvalue weighted by Crippen LogP contribution is 2.35. The Morgan fingerprint density at radius 3 is 2.66 bits per heavy atom. The summed E-state index contributed by atoms with van der Waals surface area (Å²) in [6.07, 6.45) is 2.04. The van der Waals surface area contributed by atoms with Crippen LogP contribution in [0.2, 0.25) is 0 Å². The first-order valence-electron chi connectivity index (χ1n) is 12.6. The van der Waals surface area contributed by atoms with Crippen molar-refractivity contribution in [3.8, 4) is 23.0 Å². The van der Waals surface area contributed by atoms with Crippen molar-refractivity contribution >= 4 is 40.8 Å². The van der Waals surface area contributed by atoms with Crippen LogP contribution in [-0.4, -0.2) is 63.6 Å². The molecule has 2 amide bonds. The highest BCUT2D eigenvalue weighted by Gasteiger charge is 2.32. The molecule has 2 atom stereocenters. The summed E-state index contributed by atoms with van der Waals surface area (Å²) in [6, 6.07) is 7.42. The van der Waals surface area contributed by atoms with Gasteiger partial charge in [-0.2, -0.15) is 5.10 Å². The van der Waals surface area contributed by atoms with E-state index in [-0.39, 0.29) is 12.2 Å². The van der Waals surface area contributed by atoms with Gasteiger partial charge in [0.15, 0.2) is 29.2 Å². The Bertz CT molecular complexity index is 1330. The molecule has 0 spiro atoms. The molecule has 0 aliphatic carbocycles.